The van der Waals surface area contributed by atoms with Gasteiger partial charge in [0.25, 0.3) is 5.69 Å². The minimum atomic E-state index is -0.830. The van der Waals surface area contributed by atoms with E-state index in [1.165, 1.54) is 32.0 Å². The molecule has 0 bridgehead atoms. The smallest absolute Gasteiger partial charge is 0.308 e. The highest BCUT2D eigenvalue weighted by atomic mass is 16.6. The van der Waals surface area contributed by atoms with Crippen molar-refractivity contribution in [2.75, 3.05) is 0 Å². The van der Waals surface area contributed by atoms with Crippen LogP contribution in [-0.4, -0.2) is 27.7 Å². The molecule has 0 aromatic heterocycles. The van der Waals surface area contributed by atoms with Crippen molar-refractivity contribution in [3.05, 3.63) is 69.8 Å². The molecule has 27 heavy (non-hydrogen) atoms. The fraction of sp³-hybridized carbons (Fsp3) is 0.167. The van der Waals surface area contributed by atoms with Gasteiger partial charge in [0.2, 0.25) is 18.0 Å². The average Bonchev–Trinajstić information content (AvgIpc) is 3.07. The van der Waals surface area contributed by atoms with Crippen LogP contribution in [0.2, 0.25) is 0 Å². The van der Waals surface area contributed by atoms with Gasteiger partial charge in [0.1, 0.15) is 5.75 Å². The predicted molar refractivity (Wildman–Crippen MR) is 93.7 cm³/mol. The lowest BCUT2D eigenvalue weighted by Crippen LogP contribution is -2.25. The molecular formula is C18H15N3O6. The monoisotopic (exact) mass is 369 g/mol. The molecule has 2 aromatic carbocycles. The summed E-state index contributed by atoms with van der Waals surface area (Å²) in [7, 11) is 0. The fourth-order valence-corrected chi connectivity index (χ4v) is 2.55. The van der Waals surface area contributed by atoms with Crippen LogP contribution in [0.15, 0.2) is 53.6 Å². The van der Waals surface area contributed by atoms with E-state index in [0.29, 0.717) is 5.56 Å². The highest BCUT2D eigenvalue weighted by Crippen LogP contribution is 2.34. The van der Waals surface area contributed by atoms with Crippen LogP contribution >= 0.6 is 0 Å². The highest BCUT2D eigenvalue weighted by Gasteiger charge is 2.34. The number of carbonyl (C=O) groups is 2. The topological polar surface area (TPSA) is 111 Å². The highest BCUT2D eigenvalue weighted by molar-refractivity contribution is 6.00. The maximum Gasteiger partial charge on any atom is 0.308 e. The van der Waals surface area contributed by atoms with Gasteiger partial charge >= 0.3 is 5.97 Å². The summed E-state index contributed by atoms with van der Waals surface area (Å²) in [5.74, 6) is -0.992. The number of hydrazone groups is 1. The van der Waals surface area contributed by atoms with Crippen LogP contribution in [0, 0.1) is 10.1 Å². The molecule has 2 aromatic rings. The van der Waals surface area contributed by atoms with E-state index in [4.69, 9.17) is 9.47 Å². The van der Waals surface area contributed by atoms with Crippen LogP contribution in [0.1, 0.15) is 31.2 Å². The summed E-state index contributed by atoms with van der Waals surface area (Å²) in [4.78, 5) is 33.9. The van der Waals surface area contributed by atoms with Gasteiger partial charge in [0.05, 0.1) is 10.5 Å². The number of ether oxygens (including phenoxy) is 2. The Kier molecular flexibility index (Phi) is 4.84. The lowest BCUT2D eigenvalue weighted by Gasteiger charge is -2.19. The Morgan fingerprint density at radius 3 is 2.48 bits per heavy atom. The molecule has 9 nitrogen and oxygen atoms in total. The first kappa shape index (κ1) is 18.1. The first-order valence-electron chi connectivity index (χ1n) is 7.94. The maximum atomic E-state index is 12.0. The van der Waals surface area contributed by atoms with Gasteiger partial charge in [-0.15, -0.1) is 5.10 Å². The normalized spacial score (nSPS) is 15.7. The molecule has 1 amide bonds. The average molecular weight is 369 g/mol. The van der Waals surface area contributed by atoms with Gasteiger partial charge in [0, 0.05) is 31.5 Å². The number of carbonyl (C=O) groups excluding carboxylic acids is 2. The molecule has 3 rings (SSSR count). The molecule has 0 aliphatic carbocycles. The molecule has 138 valence electrons. The summed E-state index contributed by atoms with van der Waals surface area (Å²) in [6, 6.07) is 12.6. The second-order valence-electron chi connectivity index (χ2n) is 5.68. The molecule has 0 unspecified atom stereocenters. The van der Waals surface area contributed by atoms with E-state index >= 15 is 0 Å². The summed E-state index contributed by atoms with van der Waals surface area (Å²) >= 11 is 0. The van der Waals surface area contributed by atoms with Crippen LogP contribution in [-0.2, 0) is 14.3 Å². The van der Waals surface area contributed by atoms with Crippen LogP contribution < -0.4 is 4.74 Å². The van der Waals surface area contributed by atoms with Gasteiger partial charge in [0.15, 0.2) is 0 Å². The maximum absolute atomic E-state index is 12.0. The minimum absolute atomic E-state index is 0.0454. The number of hydrogen-bond donors (Lipinski definition) is 0. The zero-order valence-corrected chi connectivity index (χ0v) is 14.5. The summed E-state index contributed by atoms with van der Waals surface area (Å²) in [6.07, 6.45) is -0.830. The standard InChI is InChI=1S/C18H15N3O6/c1-11(22)20-18(13-6-4-3-5-7-13)27-17(19-20)15-10-14(21(24)25)8-9-16(15)26-12(2)23/h3-10,18H,1-2H3/t18-/m1/s1. The Labute approximate surface area is 154 Å². The Balaban J connectivity index is 2.05. The van der Waals surface area contributed by atoms with E-state index < -0.39 is 17.1 Å². The van der Waals surface area contributed by atoms with E-state index in [0.717, 1.165) is 5.01 Å². The molecule has 0 fully saturated rings. The molecule has 1 aliphatic rings. The second-order valence-corrected chi connectivity index (χ2v) is 5.68. The first-order chi connectivity index (χ1) is 12.9. The summed E-state index contributed by atoms with van der Waals surface area (Å²) in [6.45, 7) is 2.53. The van der Waals surface area contributed by atoms with Gasteiger partial charge in [-0.3, -0.25) is 19.7 Å². The Hall–Kier alpha value is -3.75. The number of benzene rings is 2. The Bertz CT molecular complexity index is 941. The van der Waals surface area contributed by atoms with Crippen LogP contribution in [0.5, 0.6) is 5.75 Å². The number of nitrogens with zero attached hydrogens (tertiary/aromatic N) is 3. The number of nitro groups is 1. The van der Waals surface area contributed by atoms with Crippen molar-refractivity contribution in [3.8, 4) is 5.75 Å². The van der Waals surface area contributed by atoms with Crippen molar-refractivity contribution in [2.24, 2.45) is 5.10 Å². The largest absolute Gasteiger partial charge is 0.446 e. The van der Waals surface area contributed by atoms with Crippen LogP contribution in [0.4, 0.5) is 5.69 Å². The minimum Gasteiger partial charge on any atom is -0.446 e. The molecule has 0 radical (unpaired) electrons. The number of rotatable bonds is 4. The molecule has 0 N–H and O–H groups in total. The summed E-state index contributed by atoms with van der Waals surface area (Å²) in [5, 5.41) is 16.4. The summed E-state index contributed by atoms with van der Waals surface area (Å²) < 4.78 is 10.9. The van der Waals surface area contributed by atoms with E-state index in [1.54, 1.807) is 24.3 Å². The van der Waals surface area contributed by atoms with Gasteiger partial charge in [-0.1, -0.05) is 30.3 Å². The van der Waals surface area contributed by atoms with Crippen molar-refractivity contribution in [1.29, 1.82) is 0 Å². The zero-order valence-electron chi connectivity index (χ0n) is 14.5. The quantitative estimate of drug-likeness (QED) is 0.355. The van der Waals surface area contributed by atoms with E-state index in [1.807, 2.05) is 6.07 Å². The second kappa shape index (κ2) is 7.24. The molecular weight excluding hydrogens is 354 g/mol. The van der Waals surface area contributed by atoms with Crippen LogP contribution in [0.25, 0.3) is 0 Å². The third kappa shape index (κ3) is 3.76. The van der Waals surface area contributed by atoms with E-state index in [-0.39, 0.29) is 28.8 Å². The number of esters is 1. The summed E-state index contributed by atoms with van der Waals surface area (Å²) in [5.41, 5.74) is 0.541. The van der Waals surface area contributed by atoms with Gasteiger partial charge in [-0.25, -0.2) is 0 Å². The third-order valence-corrected chi connectivity index (χ3v) is 3.71. The molecule has 0 saturated carbocycles. The van der Waals surface area contributed by atoms with Gasteiger partial charge in [-0.2, -0.15) is 5.01 Å². The molecule has 1 heterocycles. The predicted octanol–water partition coefficient (Wildman–Crippen LogP) is 2.76. The molecule has 0 spiro atoms. The molecule has 0 saturated heterocycles. The number of nitro benzene ring substituents is 1. The molecule has 1 aliphatic heterocycles. The zero-order chi connectivity index (χ0) is 19.6. The van der Waals surface area contributed by atoms with Gasteiger partial charge in [-0.05, 0) is 6.07 Å². The first-order valence-corrected chi connectivity index (χ1v) is 7.94. The number of amides is 1. The van der Waals surface area contributed by atoms with Crippen molar-refractivity contribution >= 4 is 23.5 Å². The SMILES string of the molecule is CC(=O)Oc1ccc([N+](=O)[O-])cc1C1=NN(C(C)=O)[C@@H](c2ccccc2)O1. The number of hydrogen-bond acceptors (Lipinski definition) is 7. The van der Waals surface area contributed by atoms with Gasteiger partial charge < -0.3 is 9.47 Å². The number of non-ortho nitro benzene ring substituents is 1. The van der Waals surface area contributed by atoms with Crippen molar-refractivity contribution in [1.82, 2.24) is 5.01 Å². The molecule has 9 heteroatoms. The van der Waals surface area contributed by atoms with Crippen molar-refractivity contribution < 1.29 is 24.0 Å². The van der Waals surface area contributed by atoms with E-state index in [2.05, 4.69) is 5.10 Å². The fourth-order valence-electron chi connectivity index (χ4n) is 2.55. The third-order valence-electron chi connectivity index (χ3n) is 3.71. The molecule has 1 atom stereocenters. The van der Waals surface area contributed by atoms with Crippen LogP contribution in [0.3, 0.4) is 0 Å². The Morgan fingerprint density at radius 1 is 1.19 bits per heavy atom. The lowest BCUT2D eigenvalue weighted by molar-refractivity contribution is -0.384. The van der Waals surface area contributed by atoms with Crippen molar-refractivity contribution in [2.45, 2.75) is 20.1 Å². The van der Waals surface area contributed by atoms with Crippen molar-refractivity contribution in [3.63, 3.8) is 0 Å². The lowest BCUT2D eigenvalue weighted by atomic mass is 10.1. The Morgan fingerprint density at radius 2 is 1.89 bits per heavy atom. The van der Waals surface area contributed by atoms with E-state index in [9.17, 15) is 19.7 Å².